The largest absolute Gasteiger partial charge is 0.273 e. The van der Waals surface area contributed by atoms with E-state index in [-0.39, 0.29) is 17.4 Å². The van der Waals surface area contributed by atoms with Gasteiger partial charge in [-0.3, -0.25) is 0 Å². The smallest absolute Gasteiger partial charge is 0.201 e. The van der Waals surface area contributed by atoms with E-state index in [1.54, 1.807) is 12.1 Å². The highest BCUT2D eigenvalue weighted by Crippen LogP contribution is 2.36. The van der Waals surface area contributed by atoms with Gasteiger partial charge in [0.25, 0.3) is 5.92 Å². The molecule has 3 heteroatoms. The van der Waals surface area contributed by atoms with Crippen LogP contribution in [0.3, 0.4) is 0 Å². The van der Waals surface area contributed by atoms with Crippen molar-refractivity contribution in [1.82, 2.24) is 0 Å². The Kier molecular flexibility index (Phi) is 3.77. The lowest BCUT2D eigenvalue weighted by molar-refractivity contribution is -0.0228. The van der Waals surface area contributed by atoms with Gasteiger partial charge in [-0.15, -0.1) is 0 Å². The molecule has 0 unspecified atom stereocenters. The monoisotopic (exact) mass is 224 g/mol. The van der Waals surface area contributed by atoms with Crippen molar-refractivity contribution in [2.75, 3.05) is 0 Å². The molecule has 0 spiro atoms. The van der Waals surface area contributed by atoms with Crippen molar-refractivity contribution in [2.45, 2.75) is 39.5 Å². The second kappa shape index (κ2) is 4.56. The molecule has 0 amide bonds. The summed E-state index contributed by atoms with van der Waals surface area (Å²) in [5, 5.41) is 0. The average Bonchev–Trinajstić information content (AvgIpc) is 2.14. The molecule has 1 aromatic carbocycles. The van der Waals surface area contributed by atoms with E-state index in [0.717, 1.165) is 5.46 Å². The Balaban J connectivity index is 2.77. The van der Waals surface area contributed by atoms with E-state index in [0.29, 0.717) is 6.42 Å². The first-order valence-corrected chi connectivity index (χ1v) is 5.66. The van der Waals surface area contributed by atoms with Crippen molar-refractivity contribution in [3.05, 3.63) is 29.8 Å². The summed E-state index contributed by atoms with van der Waals surface area (Å²) in [4.78, 5) is 0. The molecule has 0 nitrogen and oxygen atoms in total. The second-order valence-electron chi connectivity index (χ2n) is 5.63. The summed E-state index contributed by atoms with van der Waals surface area (Å²) in [5.74, 6) is -2.71. The Labute approximate surface area is 97.5 Å². The molecular formula is C13H19BF2. The Hall–Kier alpha value is -0.855. The zero-order valence-electron chi connectivity index (χ0n) is 10.5. The van der Waals surface area contributed by atoms with E-state index in [1.807, 2.05) is 34.7 Å². The first-order valence-electron chi connectivity index (χ1n) is 5.66. The molecule has 88 valence electrons. The van der Waals surface area contributed by atoms with Crippen LogP contribution in [0.2, 0.25) is 0 Å². The van der Waals surface area contributed by atoms with Crippen LogP contribution >= 0.6 is 0 Å². The molecule has 0 fully saturated rings. The molecule has 0 aromatic heterocycles. The molecule has 0 aliphatic heterocycles. The second-order valence-corrected chi connectivity index (χ2v) is 5.63. The highest BCUT2D eigenvalue weighted by atomic mass is 19.3. The summed E-state index contributed by atoms with van der Waals surface area (Å²) in [7, 11) is 1.84. The van der Waals surface area contributed by atoms with Crippen molar-refractivity contribution < 1.29 is 8.78 Å². The normalized spacial score (nSPS) is 12.8. The van der Waals surface area contributed by atoms with Gasteiger partial charge in [-0.2, -0.15) is 0 Å². The summed E-state index contributed by atoms with van der Waals surface area (Å²) in [6.45, 7) is 5.96. The maximum absolute atomic E-state index is 13.9. The Morgan fingerprint density at radius 1 is 1.12 bits per heavy atom. The van der Waals surface area contributed by atoms with Crippen LogP contribution in [0.4, 0.5) is 8.78 Å². The van der Waals surface area contributed by atoms with Crippen molar-refractivity contribution in [1.29, 1.82) is 0 Å². The first kappa shape index (κ1) is 13.2. The third-order valence-corrected chi connectivity index (χ3v) is 2.63. The number of halogens is 2. The summed E-state index contributed by atoms with van der Waals surface area (Å²) >= 11 is 0. The van der Waals surface area contributed by atoms with Gasteiger partial charge >= 0.3 is 0 Å². The van der Waals surface area contributed by atoms with E-state index in [9.17, 15) is 8.78 Å². The van der Waals surface area contributed by atoms with Crippen LogP contribution < -0.4 is 5.46 Å². The molecule has 0 saturated heterocycles. The molecule has 0 heterocycles. The predicted octanol–water partition coefficient (Wildman–Crippen LogP) is 2.86. The standard InChI is InChI=1S/C13H19BF2/c1-12(2,3)7-8-13(15,16)10-5-4-6-11(14)9-10/h4-6,9H,7-8,14H2,1-3H3. The minimum Gasteiger partial charge on any atom is -0.201 e. The molecule has 0 bridgehead atoms. The van der Waals surface area contributed by atoms with Crippen LogP contribution in [0.15, 0.2) is 24.3 Å². The van der Waals surface area contributed by atoms with Crippen molar-refractivity contribution in [3.63, 3.8) is 0 Å². The van der Waals surface area contributed by atoms with E-state index in [1.165, 1.54) is 6.07 Å². The quantitative estimate of drug-likeness (QED) is 0.692. The van der Waals surface area contributed by atoms with E-state index in [4.69, 9.17) is 0 Å². The van der Waals surface area contributed by atoms with Gasteiger partial charge in [0, 0.05) is 12.0 Å². The number of hydrogen-bond donors (Lipinski definition) is 0. The summed E-state index contributed by atoms with van der Waals surface area (Å²) in [6.07, 6.45) is 0.438. The Morgan fingerprint density at radius 3 is 2.25 bits per heavy atom. The molecule has 0 N–H and O–H groups in total. The lowest BCUT2D eigenvalue weighted by atomic mass is 9.86. The minimum absolute atomic E-state index is 0.0484. The topological polar surface area (TPSA) is 0 Å². The van der Waals surface area contributed by atoms with Gasteiger partial charge in [-0.25, -0.2) is 8.78 Å². The molecular weight excluding hydrogens is 205 g/mol. The summed E-state index contributed by atoms with van der Waals surface area (Å²) < 4.78 is 27.7. The number of rotatable bonds is 3. The van der Waals surface area contributed by atoms with Crippen molar-refractivity contribution in [2.24, 2.45) is 5.41 Å². The number of alkyl halides is 2. The maximum atomic E-state index is 13.9. The van der Waals surface area contributed by atoms with E-state index < -0.39 is 5.92 Å². The van der Waals surface area contributed by atoms with Crippen LogP contribution in [-0.2, 0) is 5.92 Å². The van der Waals surface area contributed by atoms with E-state index in [2.05, 4.69) is 0 Å². The molecule has 0 aliphatic rings. The lowest BCUT2D eigenvalue weighted by Gasteiger charge is -2.23. The number of benzene rings is 1. The Bertz CT molecular complexity index is 353. The zero-order chi connectivity index (χ0) is 12.4. The van der Waals surface area contributed by atoms with Gasteiger partial charge in [0.2, 0.25) is 0 Å². The SMILES string of the molecule is Bc1cccc(C(F)(F)CCC(C)(C)C)c1. The summed E-state index contributed by atoms with van der Waals surface area (Å²) in [6, 6.07) is 6.61. The molecule has 16 heavy (non-hydrogen) atoms. The van der Waals surface area contributed by atoms with Gasteiger partial charge in [-0.05, 0) is 11.8 Å². The van der Waals surface area contributed by atoms with Gasteiger partial charge in [-0.1, -0.05) is 50.5 Å². The maximum Gasteiger partial charge on any atom is 0.273 e. The number of hydrogen-bond acceptors (Lipinski definition) is 0. The fraction of sp³-hybridized carbons (Fsp3) is 0.538. The van der Waals surface area contributed by atoms with Crippen molar-refractivity contribution in [3.8, 4) is 0 Å². The van der Waals surface area contributed by atoms with Gasteiger partial charge in [0.05, 0.1) is 0 Å². The molecule has 1 aromatic rings. The molecule has 0 saturated carbocycles. The third kappa shape index (κ3) is 3.95. The van der Waals surface area contributed by atoms with Gasteiger partial charge in [0.1, 0.15) is 7.85 Å². The lowest BCUT2D eigenvalue weighted by Crippen LogP contribution is -2.19. The average molecular weight is 224 g/mol. The molecule has 0 atom stereocenters. The van der Waals surface area contributed by atoms with Gasteiger partial charge < -0.3 is 0 Å². The summed E-state index contributed by atoms with van der Waals surface area (Å²) in [5.41, 5.74) is 0.970. The molecule has 0 aliphatic carbocycles. The first-order chi connectivity index (χ1) is 7.21. The zero-order valence-corrected chi connectivity index (χ0v) is 10.5. The highest BCUT2D eigenvalue weighted by molar-refractivity contribution is 6.32. The molecule has 1 rings (SSSR count). The van der Waals surface area contributed by atoms with Crippen LogP contribution in [0.5, 0.6) is 0 Å². The van der Waals surface area contributed by atoms with Crippen LogP contribution in [0.1, 0.15) is 39.2 Å². The van der Waals surface area contributed by atoms with E-state index >= 15 is 0 Å². The molecule has 0 radical (unpaired) electrons. The van der Waals surface area contributed by atoms with Crippen molar-refractivity contribution >= 4 is 13.3 Å². The predicted molar refractivity (Wildman–Crippen MR) is 67.2 cm³/mol. The third-order valence-electron chi connectivity index (χ3n) is 2.63. The fourth-order valence-electron chi connectivity index (χ4n) is 1.55. The Morgan fingerprint density at radius 2 is 1.75 bits per heavy atom. The van der Waals surface area contributed by atoms with Crippen LogP contribution in [0, 0.1) is 5.41 Å². The minimum atomic E-state index is -2.71. The van der Waals surface area contributed by atoms with Crippen LogP contribution in [0.25, 0.3) is 0 Å². The fourth-order valence-corrected chi connectivity index (χ4v) is 1.55. The van der Waals surface area contributed by atoms with Gasteiger partial charge in [0.15, 0.2) is 0 Å². The van der Waals surface area contributed by atoms with Crippen LogP contribution in [-0.4, -0.2) is 7.85 Å². The highest BCUT2D eigenvalue weighted by Gasteiger charge is 2.32.